The van der Waals surface area contributed by atoms with Crippen LogP contribution in [-0.4, -0.2) is 61.5 Å². The lowest BCUT2D eigenvalue weighted by atomic mass is 9.89. The first-order chi connectivity index (χ1) is 14.2. The Labute approximate surface area is 166 Å². The van der Waals surface area contributed by atoms with E-state index in [4.69, 9.17) is 0 Å². The van der Waals surface area contributed by atoms with Gasteiger partial charge in [0.2, 0.25) is 0 Å². The van der Waals surface area contributed by atoms with Crippen molar-refractivity contribution in [1.29, 1.82) is 0 Å². The Hall–Kier alpha value is -3.62. The molecule has 0 spiro atoms. The average molecular weight is 390 g/mol. The van der Waals surface area contributed by atoms with Gasteiger partial charge >= 0.3 is 0 Å². The summed E-state index contributed by atoms with van der Waals surface area (Å²) >= 11 is 0. The number of benzene rings is 1. The highest BCUT2D eigenvalue weighted by molar-refractivity contribution is 5.93. The molecule has 29 heavy (non-hydrogen) atoms. The molecule has 2 aliphatic heterocycles. The SMILES string of the molecule is O=C(c1cnon1)N1C[C@H]2CN(C(=O)c3cnccn3)[C@H](c3ccccc3)[C@H]2C1. The molecule has 4 heterocycles. The van der Waals surface area contributed by atoms with Gasteiger partial charge in [0.05, 0.1) is 12.2 Å². The number of rotatable bonds is 3. The fraction of sp³-hybridized carbons (Fsp3) is 0.300. The van der Waals surface area contributed by atoms with E-state index < -0.39 is 0 Å². The van der Waals surface area contributed by atoms with E-state index in [0.29, 0.717) is 25.3 Å². The van der Waals surface area contributed by atoms with Crippen molar-refractivity contribution in [2.45, 2.75) is 6.04 Å². The maximum Gasteiger partial charge on any atom is 0.277 e. The lowest BCUT2D eigenvalue weighted by Crippen LogP contribution is -2.37. The van der Waals surface area contributed by atoms with Crippen LogP contribution < -0.4 is 0 Å². The Kier molecular flexibility index (Phi) is 4.27. The number of fused-ring (bicyclic) bond motifs is 1. The van der Waals surface area contributed by atoms with Crippen molar-refractivity contribution in [2.75, 3.05) is 19.6 Å². The van der Waals surface area contributed by atoms with Crippen LogP contribution in [0, 0.1) is 11.8 Å². The molecule has 2 aliphatic rings. The van der Waals surface area contributed by atoms with Gasteiger partial charge in [-0.15, -0.1) is 0 Å². The zero-order valence-corrected chi connectivity index (χ0v) is 15.5. The minimum Gasteiger partial charge on any atom is -0.336 e. The molecular formula is C20H18N6O3. The van der Waals surface area contributed by atoms with Crippen LogP contribution in [0.3, 0.4) is 0 Å². The van der Waals surface area contributed by atoms with Crippen molar-refractivity contribution in [2.24, 2.45) is 11.8 Å². The summed E-state index contributed by atoms with van der Waals surface area (Å²) in [5.74, 6) is -0.0364. The second-order valence-electron chi connectivity index (χ2n) is 7.33. The van der Waals surface area contributed by atoms with Crippen LogP contribution in [0.1, 0.15) is 32.6 Å². The monoisotopic (exact) mass is 390 g/mol. The molecule has 0 aliphatic carbocycles. The second-order valence-corrected chi connectivity index (χ2v) is 7.33. The molecule has 2 aromatic heterocycles. The molecule has 5 rings (SSSR count). The Bertz CT molecular complexity index is 1010. The molecule has 9 nitrogen and oxygen atoms in total. The molecule has 2 saturated heterocycles. The van der Waals surface area contributed by atoms with Crippen LogP contribution in [0.25, 0.3) is 0 Å². The van der Waals surface area contributed by atoms with Gasteiger partial charge < -0.3 is 9.80 Å². The Morgan fingerprint density at radius 3 is 2.55 bits per heavy atom. The van der Waals surface area contributed by atoms with Gasteiger partial charge in [0, 0.05) is 43.9 Å². The highest BCUT2D eigenvalue weighted by atomic mass is 16.6. The molecule has 3 atom stereocenters. The molecule has 0 unspecified atom stereocenters. The van der Waals surface area contributed by atoms with Gasteiger partial charge in [-0.05, 0) is 10.7 Å². The zero-order valence-electron chi connectivity index (χ0n) is 15.5. The van der Waals surface area contributed by atoms with E-state index in [9.17, 15) is 9.59 Å². The predicted molar refractivity (Wildman–Crippen MR) is 99.4 cm³/mol. The third kappa shape index (κ3) is 3.04. The third-order valence-electron chi connectivity index (χ3n) is 5.72. The highest BCUT2D eigenvalue weighted by Crippen LogP contribution is 2.45. The summed E-state index contributed by atoms with van der Waals surface area (Å²) in [6.07, 6.45) is 5.89. The summed E-state index contributed by atoms with van der Waals surface area (Å²) in [6.45, 7) is 1.66. The van der Waals surface area contributed by atoms with Crippen molar-refractivity contribution >= 4 is 11.8 Å². The fourth-order valence-corrected chi connectivity index (χ4v) is 4.47. The number of amides is 2. The summed E-state index contributed by atoms with van der Waals surface area (Å²) in [5.41, 5.74) is 1.58. The van der Waals surface area contributed by atoms with Crippen molar-refractivity contribution in [3.63, 3.8) is 0 Å². The standard InChI is InChI=1S/C20H18N6O3/c27-19(17-9-23-29-24-17)25-10-14-11-26(20(28)16-8-21-6-7-22-16)18(15(14)12-25)13-4-2-1-3-5-13/h1-9,14-15,18H,10-12H2/t14-,15-,18+/m0/s1. The number of hydrogen-bond acceptors (Lipinski definition) is 7. The maximum atomic E-state index is 13.2. The van der Waals surface area contributed by atoms with Crippen molar-refractivity contribution < 1.29 is 14.2 Å². The van der Waals surface area contributed by atoms with Gasteiger partial charge in [0.1, 0.15) is 11.9 Å². The summed E-state index contributed by atoms with van der Waals surface area (Å²) in [4.78, 5) is 37.7. The summed E-state index contributed by atoms with van der Waals surface area (Å²) in [6, 6.07) is 9.79. The molecule has 2 fully saturated rings. The Morgan fingerprint density at radius 1 is 0.966 bits per heavy atom. The summed E-state index contributed by atoms with van der Waals surface area (Å²) in [5, 5.41) is 7.18. The minimum atomic E-state index is -0.195. The number of nitrogens with zero attached hydrogens (tertiary/aromatic N) is 6. The van der Waals surface area contributed by atoms with Gasteiger partial charge in [-0.1, -0.05) is 35.5 Å². The van der Waals surface area contributed by atoms with Crippen molar-refractivity contribution in [3.8, 4) is 0 Å². The van der Waals surface area contributed by atoms with E-state index in [2.05, 4.69) is 24.9 Å². The molecule has 146 valence electrons. The predicted octanol–water partition coefficient (Wildman–Crippen LogP) is 1.45. The molecule has 1 aromatic carbocycles. The van der Waals surface area contributed by atoms with Gasteiger partial charge in [-0.3, -0.25) is 14.6 Å². The lowest BCUT2D eigenvalue weighted by molar-refractivity contribution is 0.0669. The molecule has 2 amide bonds. The fourth-order valence-electron chi connectivity index (χ4n) is 4.47. The molecule has 0 saturated carbocycles. The number of hydrogen-bond donors (Lipinski definition) is 0. The van der Waals surface area contributed by atoms with Crippen LogP contribution in [0.4, 0.5) is 0 Å². The topological polar surface area (TPSA) is 105 Å². The van der Waals surface area contributed by atoms with Crippen LogP contribution in [-0.2, 0) is 0 Å². The zero-order chi connectivity index (χ0) is 19.8. The number of aromatic nitrogens is 4. The highest BCUT2D eigenvalue weighted by Gasteiger charge is 2.50. The van der Waals surface area contributed by atoms with Crippen LogP contribution in [0.5, 0.6) is 0 Å². The van der Waals surface area contributed by atoms with Crippen molar-refractivity contribution in [1.82, 2.24) is 30.1 Å². The van der Waals surface area contributed by atoms with Crippen LogP contribution in [0.15, 0.2) is 59.7 Å². The molecule has 0 radical (unpaired) electrons. The molecule has 9 heteroatoms. The van der Waals surface area contributed by atoms with Gasteiger partial charge in [-0.2, -0.15) is 0 Å². The van der Waals surface area contributed by atoms with E-state index >= 15 is 0 Å². The first kappa shape index (κ1) is 17.5. The Morgan fingerprint density at radius 2 is 1.83 bits per heavy atom. The lowest BCUT2D eigenvalue weighted by Gasteiger charge is -2.29. The average Bonchev–Trinajstić information content (AvgIpc) is 3.50. The Balaban J connectivity index is 1.44. The summed E-state index contributed by atoms with van der Waals surface area (Å²) in [7, 11) is 0. The van der Waals surface area contributed by atoms with Crippen LogP contribution in [0.2, 0.25) is 0 Å². The van der Waals surface area contributed by atoms with E-state index in [0.717, 1.165) is 5.56 Å². The summed E-state index contributed by atoms with van der Waals surface area (Å²) < 4.78 is 4.56. The largest absolute Gasteiger partial charge is 0.336 e. The second kappa shape index (κ2) is 7.08. The number of carbonyl (C=O) groups excluding carboxylic acids is 2. The van der Waals surface area contributed by atoms with Gasteiger partial charge in [-0.25, -0.2) is 9.61 Å². The van der Waals surface area contributed by atoms with E-state index in [1.165, 1.54) is 18.6 Å². The molecular weight excluding hydrogens is 372 g/mol. The number of carbonyl (C=O) groups is 2. The van der Waals surface area contributed by atoms with Crippen molar-refractivity contribution in [3.05, 3.63) is 72.1 Å². The normalized spacial score (nSPS) is 23.2. The van der Waals surface area contributed by atoms with E-state index in [-0.39, 0.29) is 35.4 Å². The van der Waals surface area contributed by atoms with Gasteiger partial charge in [0.15, 0.2) is 5.69 Å². The smallest absolute Gasteiger partial charge is 0.277 e. The van der Waals surface area contributed by atoms with Crippen LogP contribution >= 0.6 is 0 Å². The molecule has 0 N–H and O–H groups in total. The quantitative estimate of drug-likeness (QED) is 0.666. The van der Waals surface area contributed by atoms with E-state index in [1.54, 1.807) is 11.1 Å². The maximum absolute atomic E-state index is 13.2. The van der Waals surface area contributed by atoms with Gasteiger partial charge in [0.25, 0.3) is 11.8 Å². The minimum absolute atomic E-state index is 0.127. The first-order valence-corrected chi connectivity index (χ1v) is 9.41. The third-order valence-corrected chi connectivity index (χ3v) is 5.72. The first-order valence-electron chi connectivity index (χ1n) is 9.41. The molecule has 0 bridgehead atoms. The van der Waals surface area contributed by atoms with E-state index in [1.807, 2.05) is 35.2 Å². The number of likely N-dealkylation sites (tertiary alicyclic amines) is 2. The molecule has 3 aromatic rings.